The van der Waals surface area contributed by atoms with Crippen LogP contribution in [0.3, 0.4) is 0 Å². The van der Waals surface area contributed by atoms with Gasteiger partial charge in [0.1, 0.15) is 22.8 Å². The van der Waals surface area contributed by atoms with Crippen LogP contribution in [0.25, 0.3) is 22.6 Å². The fourth-order valence-corrected chi connectivity index (χ4v) is 2.81. The van der Waals surface area contributed by atoms with Gasteiger partial charge in [0.15, 0.2) is 5.58 Å². The van der Waals surface area contributed by atoms with E-state index in [9.17, 15) is 14.6 Å². The molecule has 0 amide bonds. The van der Waals surface area contributed by atoms with Crippen LogP contribution in [-0.2, 0) is 0 Å². The molecule has 2 N–H and O–H groups in total. The maximum absolute atomic E-state index is 13.2. The van der Waals surface area contributed by atoms with Gasteiger partial charge in [-0.25, -0.2) is 9.37 Å². The van der Waals surface area contributed by atoms with Gasteiger partial charge in [0.05, 0.1) is 16.3 Å². The number of benzene rings is 3. The van der Waals surface area contributed by atoms with Crippen molar-refractivity contribution < 1.29 is 19.0 Å². The molecule has 0 aliphatic heterocycles. The number of fused-ring (bicyclic) bond motifs is 1. The van der Waals surface area contributed by atoms with Gasteiger partial charge >= 0.3 is 0 Å². The van der Waals surface area contributed by atoms with Gasteiger partial charge in [-0.05, 0) is 48.5 Å². The summed E-state index contributed by atoms with van der Waals surface area (Å²) in [5.41, 5.74) is 2.66. The smallest absolute Gasteiger partial charge is 0.228 e. The molecule has 1 aromatic heterocycles. The molecular formula is C20H12ClFN2O3. The van der Waals surface area contributed by atoms with Gasteiger partial charge in [-0.15, -0.1) is 0 Å². The first kappa shape index (κ1) is 17.1. The first-order valence-corrected chi connectivity index (χ1v) is 8.29. The quantitative estimate of drug-likeness (QED) is 0.462. The van der Waals surface area contributed by atoms with E-state index in [1.165, 1.54) is 36.5 Å². The zero-order chi connectivity index (χ0) is 19.0. The lowest BCUT2D eigenvalue weighted by atomic mass is 10.2. The van der Waals surface area contributed by atoms with Crippen molar-refractivity contribution in [2.75, 3.05) is 0 Å². The summed E-state index contributed by atoms with van der Waals surface area (Å²) in [5, 5.41) is 19.3. The molecule has 0 bridgehead atoms. The number of phenolic OH excluding ortho intramolecular Hbond substituents is 2. The van der Waals surface area contributed by atoms with E-state index in [0.717, 1.165) is 0 Å². The topological polar surface area (TPSA) is 78.9 Å². The predicted molar refractivity (Wildman–Crippen MR) is 101 cm³/mol. The summed E-state index contributed by atoms with van der Waals surface area (Å²) >= 11 is 6.06. The number of aliphatic imine (C=N–C) groups is 1. The van der Waals surface area contributed by atoms with Crippen LogP contribution in [0.2, 0.25) is 5.02 Å². The van der Waals surface area contributed by atoms with E-state index in [0.29, 0.717) is 27.9 Å². The van der Waals surface area contributed by atoms with Crippen molar-refractivity contribution in [3.8, 4) is 23.0 Å². The molecule has 27 heavy (non-hydrogen) atoms. The van der Waals surface area contributed by atoms with Crippen molar-refractivity contribution in [2.45, 2.75) is 0 Å². The van der Waals surface area contributed by atoms with Crippen molar-refractivity contribution in [1.82, 2.24) is 4.98 Å². The van der Waals surface area contributed by atoms with E-state index in [-0.39, 0.29) is 22.4 Å². The number of hydrogen-bond acceptors (Lipinski definition) is 5. The lowest BCUT2D eigenvalue weighted by Gasteiger charge is -1.99. The molecule has 0 aliphatic rings. The average molecular weight is 383 g/mol. The molecule has 0 fully saturated rings. The Balaban J connectivity index is 1.67. The van der Waals surface area contributed by atoms with Crippen LogP contribution >= 0.6 is 11.6 Å². The first-order chi connectivity index (χ1) is 13.0. The largest absolute Gasteiger partial charge is 0.508 e. The second-order valence-corrected chi connectivity index (χ2v) is 6.20. The zero-order valence-corrected chi connectivity index (χ0v) is 14.5. The van der Waals surface area contributed by atoms with Gasteiger partial charge < -0.3 is 14.6 Å². The highest BCUT2D eigenvalue weighted by atomic mass is 35.5. The summed E-state index contributed by atoms with van der Waals surface area (Å²) in [5.74, 6) is -0.253. The van der Waals surface area contributed by atoms with E-state index in [1.54, 1.807) is 24.3 Å². The molecule has 3 aromatic carbocycles. The Morgan fingerprint density at radius 2 is 1.89 bits per heavy atom. The molecule has 0 saturated carbocycles. The Bertz CT molecular complexity index is 1190. The minimum Gasteiger partial charge on any atom is -0.508 e. The van der Waals surface area contributed by atoms with Gasteiger partial charge in [0, 0.05) is 17.8 Å². The number of rotatable bonds is 3. The maximum atomic E-state index is 13.2. The van der Waals surface area contributed by atoms with Crippen LogP contribution < -0.4 is 0 Å². The first-order valence-electron chi connectivity index (χ1n) is 7.92. The summed E-state index contributed by atoms with van der Waals surface area (Å²) in [6, 6.07) is 13.4. The van der Waals surface area contributed by atoms with E-state index in [4.69, 9.17) is 16.0 Å². The van der Waals surface area contributed by atoms with Crippen LogP contribution in [0.5, 0.6) is 11.5 Å². The molecule has 134 valence electrons. The summed E-state index contributed by atoms with van der Waals surface area (Å²) in [7, 11) is 0. The Kier molecular flexibility index (Phi) is 4.25. The number of nitrogens with zero attached hydrogens (tertiary/aromatic N) is 2. The maximum Gasteiger partial charge on any atom is 0.228 e. The second-order valence-electron chi connectivity index (χ2n) is 5.80. The molecule has 0 radical (unpaired) electrons. The zero-order valence-electron chi connectivity index (χ0n) is 13.7. The summed E-state index contributed by atoms with van der Waals surface area (Å²) in [4.78, 5) is 8.69. The molecular weight excluding hydrogens is 371 g/mol. The highest BCUT2D eigenvalue weighted by molar-refractivity contribution is 6.33. The number of hydrogen-bond donors (Lipinski definition) is 2. The lowest BCUT2D eigenvalue weighted by molar-refractivity contribution is 0.450. The van der Waals surface area contributed by atoms with E-state index >= 15 is 0 Å². The third kappa shape index (κ3) is 3.47. The van der Waals surface area contributed by atoms with Crippen LogP contribution in [-0.4, -0.2) is 21.4 Å². The van der Waals surface area contributed by atoms with Crippen LogP contribution in [0, 0.1) is 5.82 Å². The highest BCUT2D eigenvalue weighted by Gasteiger charge is 2.12. The standard InChI is InChI=1S/C20H12ClFN2O3/c21-16-7-12(22)2-5-15(16)20-24-17-8-13(3-6-19(17)27-20)23-10-11-1-4-14(25)9-18(11)26/h1-10,25-26H. The Hall–Kier alpha value is -3.38. The number of oxazole rings is 1. The fraction of sp³-hybridized carbons (Fsp3) is 0. The summed E-state index contributed by atoms with van der Waals surface area (Å²) < 4.78 is 18.9. The van der Waals surface area contributed by atoms with Gasteiger partial charge in [-0.3, -0.25) is 4.99 Å². The average Bonchev–Trinajstić information content (AvgIpc) is 3.04. The Morgan fingerprint density at radius 1 is 1.04 bits per heavy atom. The molecule has 5 nitrogen and oxygen atoms in total. The molecule has 4 aromatic rings. The van der Waals surface area contributed by atoms with Gasteiger partial charge in [-0.1, -0.05) is 11.6 Å². The third-order valence-electron chi connectivity index (χ3n) is 3.90. The highest BCUT2D eigenvalue weighted by Crippen LogP contribution is 2.32. The van der Waals surface area contributed by atoms with Crippen molar-refractivity contribution in [3.63, 3.8) is 0 Å². The number of aromatic hydroxyl groups is 2. The third-order valence-corrected chi connectivity index (χ3v) is 4.21. The van der Waals surface area contributed by atoms with Crippen LogP contribution in [0.4, 0.5) is 10.1 Å². The SMILES string of the molecule is Oc1ccc(C=Nc2ccc3oc(-c4ccc(F)cc4Cl)nc3c2)c(O)c1. The fourth-order valence-electron chi connectivity index (χ4n) is 2.56. The van der Waals surface area contributed by atoms with E-state index in [2.05, 4.69) is 9.98 Å². The normalized spacial score (nSPS) is 11.5. The number of phenols is 2. The van der Waals surface area contributed by atoms with E-state index < -0.39 is 5.82 Å². The molecule has 0 unspecified atom stereocenters. The molecule has 0 aliphatic carbocycles. The Labute approximate surface area is 158 Å². The second kappa shape index (κ2) is 6.74. The molecule has 1 heterocycles. The molecule has 0 saturated heterocycles. The van der Waals surface area contributed by atoms with Gasteiger partial charge in [0.25, 0.3) is 0 Å². The van der Waals surface area contributed by atoms with Crippen molar-refractivity contribution in [2.24, 2.45) is 4.99 Å². The summed E-state index contributed by atoms with van der Waals surface area (Å²) in [6.45, 7) is 0. The molecule has 0 atom stereocenters. The monoisotopic (exact) mass is 382 g/mol. The van der Waals surface area contributed by atoms with Crippen LogP contribution in [0.15, 0.2) is 64.0 Å². The number of aromatic nitrogens is 1. The van der Waals surface area contributed by atoms with Gasteiger partial charge in [0.2, 0.25) is 5.89 Å². The summed E-state index contributed by atoms with van der Waals surface area (Å²) in [6.07, 6.45) is 1.48. The minimum atomic E-state index is -0.436. The van der Waals surface area contributed by atoms with Crippen LogP contribution in [0.1, 0.15) is 5.56 Å². The van der Waals surface area contributed by atoms with Gasteiger partial charge in [-0.2, -0.15) is 0 Å². The molecule has 7 heteroatoms. The number of halogens is 2. The van der Waals surface area contributed by atoms with Crippen molar-refractivity contribution in [3.05, 3.63) is 71.0 Å². The predicted octanol–water partition coefficient (Wildman–Crippen LogP) is 5.45. The lowest BCUT2D eigenvalue weighted by Crippen LogP contribution is -1.82. The van der Waals surface area contributed by atoms with Crippen molar-refractivity contribution >= 4 is 34.6 Å². The Morgan fingerprint density at radius 3 is 2.67 bits per heavy atom. The molecule has 0 spiro atoms. The van der Waals surface area contributed by atoms with E-state index in [1.807, 2.05) is 0 Å². The minimum absolute atomic E-state index is 0.0272. The molecule has 4 rings (SSSR count). The van der Waals surface area contributed by atoms with Crippen molar-refractivity contribution in [1.29, 1.82) is 0 Å².